The minimum absolute atomic E-state index is 0.194. The van der Waals surface area contributed by atoms with Crippen molar-refractivity contribution in [2.24, 2.45) is 5.10 Å². The van der Waals surface area contributed by atoms with Crippen LogP contribution in [0.25, 0.3) is 0 Å². The lowest BCUT2D eigenvalue weighted by Crippen LogP contribution is -2.44. The maximum absolute atomic E-state index is 10.3. The molecular weight excluding hydrogens is 336 g/mol. The molecule has 0 saturated heterocycles. The van der Waals surface area contributed by atoms with Crippen molar-refractivity contribution in [3.8, 4) is 11.8 Å². The molecule has 0 radical (unpaired) electrons. The molecule has 132 valence electrons. The fourth-order valence-corrected chi connectivity index (χ4v) is 3.19. The molecule has 3 aromatic rings. The fraction of sp³-hybridized carbons (Fsp3) is 0.0909. The summed E-state index contributed by atoms with van der Waals surface area (Å²) < 4.78 is 0. The molecule has 0 aliphatic carbocycles. The Hall–Kier alpha value is -3.78. The van der Waals surface area contributed by atoms with Crippen LogP contribution >= 0.6 is 0 Å². The Morgan fingerprint density at radius 1 is 0.889 bits per heavy atom. The average molecular weight is 354 g/mol. The summed E-state index contributed by atoms with van der Waals surface area (Å²) in [4.78, 5) is 2.17. The van der Waals surface area contributed by atoms with E-state index in [4.69, 9.17) is 5.10 Å². The summed E-state index contributed by atoms with van der Waals surface area (Å²) in [6.07, 6.45) is 0. The molecule has 5 heteroatoms. The van der Waals surface area contributed by atoms with Gasteiger partial charge in [-0.3, -0.25) is 0 Å². The molecule has 4 rings (SSSR count). The van der Waals surface area contributed by atoms with Gasteiger partial charge in [0.25, 0.3) is 0 Å². The normalized spacial score (nSPS) is 13.8. The van der Waals surface area contributed by atoms with Crippen LogP contribution < -0.4 is 9.91 Å². The van der Waals surface area contributed by atoms with E-state index < -0.39 is 0 Å². The molecule has 1 heterocycles. The van der Waals surface area contributed by atoms with Gasteiger partial charge in [-0.1, -0.05) is 42.5 Å². The van der Waals surface area contributed by atoms with Crippen molar-refractivity contribution in [3.05, 3.63) is 90.0 Å². The summed E-state index contributed by atoms with van der Waals surface area (Å²) in [6.45, 7) is 1.08. The Balaban J connectivity index is 1.81. The summed E-state index contributed by atoms with van der Waals surface area (Å²) in [6, 6.07) is 26.9. The van der Waals surface area contributed by atoms with Gasteiger partial charge in [0.2, 0.25) is 0 Å². The van der Waals surface area contributed by atoms with E-state index in [9.17, 15) is 10.4 Å². The number of aromatic hydroxyl groups is 1. The van der Waals surface area contributed by atoms with Crippen molar-refractivity contribution >= 4 is 17.1 Å². The molecule has 1 aliphatic heterocycles. The lowest BCUT2D eigenvalue weighted by atomic mass is 10.1. The van der Waals surface area contributed by atoms with E-state index in [1.165, 1.54) is 0 Å². The molecule has 0 fully saturated rings. The van der Waals surface area contributed by atoms with Gasteiger partial charge in [0.05, 0.1) is 23.5 Å². The number of hydrogen-bond donors (Lipinski definition) is 1. The summed E-state index contributed by atoms with van der Waals surface area (Å²) in [7, 11) is 0. The van der Waals surface area contributed by atoms with Crippen LogP contribution in [0.2, 0.25) is 0 Å². The van der Waals surface area contributed by atoms with Crippen LogP contribution in [0.1, 0.15) is 11.1 Å². The first-order chi connectivity index (χ1) is 13.3. The third-order valence-electron chi connectivity index (χ3n) is 4.53. The predicted octanol–water partition coefficient (Wildman–Crippen LogP) is 3.95. The second kappa shape index (κ2) is 7.22. The van der Waals surface area contributed by atoms with Crippen molar-refractivity contribution in [3.63, 3.8) is 0 Å². The number of phenols is 1. The van der Waals surface area contributed by atoms with Crippen molar-refractivity contribution in [2.75, 3.05) is 23.1 Å². The first-order valence-corrected chi connectivity index (χ1v) is 8.69. The van der Waals surface area contributed by atoms with Crippen molar-refractivity contribution in [1.29, 1.82) is 5.26 Å². The van der Waals surface area contributed by atoms with Crippen LogP contribution in [0.5, 0.6) is 5.75 Å². The standard InChI is InChI=1S/C22H18N4O/c23-14-17-8-4-6-12-21(17)26-16-25(18-9-2-1-3-10-18)15-20(24-26)19-11-5-7-13-22(19)27/h1-13,27H,15-16H2. The van der Waals surface area contributed by atoms with E-state index in [-0.39, 0.29) is 5.75 Å². The number of hydrogen-bond acceptors (Lipinski definition) is 5. The SMILES string of the molecule is N#Cc1ccccc1N1CN(c2ccccc2)CC(c2ccccc2O)=N1. The van der Waals surface area contributed by atoms with Gasteiger partial charge >= 0.3 is 0 Å². The Morgan fingerprint density at radius 2 is 1.59 bits per heavy atom. The smallest absolute Gasteiger partial charge is 0.124 e. The highest BCUT2D eigenvalue weighted by molar-refractivity contribution is 6.06. The quantitative estimate of drug-likeness (QED) is 0.773. The monoisotopic (exact) mass is 354 g/mol. The van der Waals surface area contributed by atoms with Gasteiger partial charge in [-0.2, -0.15) is 10.4 Å². The Morgan fingerprint density at radius 3 is 2.37 bits per heavy atom. The average Bonchev–Trinajstić information content (AvgIpc) is 2.74. The van der Waals surface area contributed by atoms with Crippen molar-refractivity contribution in [2.45, 2.75) is 0 Å². The highest BCUT2D eigenvalue weighted by Gasteiger charge is 2.24. The third kappa shape index (κ3) is 3.33. The number of nitrogens with zero attached hydrogens (tertiary/aromatic N) is 4. The van der Waals surface area contributed by atoms with Crippen LogP contribution in [0.3, 0.4) is 0 Å². The molecule has 0 unspecified atom stereocenters. The number of anilines is 2. The Bertz CT molecular complexity index is 1020. The second-order valence-corrected chi connectivity index (χ2v) is 6.27. The number of hydrazone groups is 1. The molecule has 0 spiro atoms. The van der Waals surface area contributed by atoms with Gasteiger partial charge < -0.3 is 10.0 Å². The molecule has 3 aromatic carbocycles. The zero-order valence-electron chi connectivity index (χ0n) is 14.7. The van der Waals surface area contributed by atoms with Crippen LogP contribution in [0, 0.1) is 11.3 Å². The highest BCUT2D eigenvalue weighted by Crippen LogP contribution is 2.28. The first kappa shape index (κ1) is 16.7. The summed E-state index contributed by atoms with van der Waals surface area (Å²) >= 11 is 0. The molecule has 27 heavy (non-hydrogen) atoms. The molecule has 5 nitrogen and oxygen atoms in total. The zero-order valence-corrected chi connectivity index (χ0v) is 14.7. The van der Waals surface area contributed by atoms with E-state index in [0.717, 1.165) is 17.1 Å². The van der Waals surface area contributed by atoms with Crippen LogP contribution in [0.15, 0.2) is 84.0 Å². The molecule has 0 aromatic heterocycles. The lowest BCUT2D eigenvalue weighted by molar-refractivity contribution is 0.474. The first-order valence-electron chi connectivity index (χ1n) is 8.69. The van der Waals surface area contributed by atoms with E-state index in [1.807, 2.05) is 65.7 Å². The molecule has 0 bridgehead atoms. The zero-order chi connectivity index (χ0) is 18.6. The van der Waals surface area contributed by atoms with Crippen molar-refractivity contribution in [1.82, 2.24) is 0 Å². The molecule has 0 amide bonds. The topological polar surface area (TPSA) is 62.9 Å². The van der Waals surface area contributed by atoms with Gasteiger partial charge in [-0.05, 0) is 36.4 Å². The number of rotatable bonds is 3. The van der Waals surface area contributed by atoms with Gasteiger partial charge in [-0.25, -0.2) is 5.01 Å². The largest absolute Gasteiger partial charge is 0.507 e. The lowest BCUT2D eigenvalue weighted by Gasteiger charge is -2.36. The summed E-state index contributed by atoms with van der Waals surface area (Å²) in [5, 5.41) is 26.4. The molecule has 1 N–H and O–H groups in total. The Kier molecular flexibility index (Phi) is 4.46. The second-order valence-electron chi connectivity index (χ2n) is 6.27. The molecule has 0 atom stereocenters. The number of phenolic OH excluding ortho intramolecular Hbond substituents is 1. The molecular formula is C22H18N4O. The van der Waals surface area contributed by atoms with Crippen LogP contribution in [-0.2, 0) is 0 Å². The maximum atomic E-state index is 10.3. The van der Waals surface area contributed by atoms with E-state index >= 15 is 0 Å². The van der Waals surface area contributed by atoms with Gasteiger partial charge in [0.15, 0.2) is 0 Å². The van der Waals surface area contributed by atoms with Gasteiger partial charge in [0.1, 0.15) is 18.5 Å². The van der Waals surface area contributed by atoms with E-state index in [2.05, 4.69) is 11.0 Å². The summed E-state index contributed by atoms with van der Waals surface area (Å²) in [5.41, 5.74) is 3.80. The Labute approximate surface area is 158 Å². The van der Waals surface area contributed by atoms with Crippen molar-refractivity contribution < 1.29 is 5.11 Å². The number of para-hydroxylation sites is 3. The maximum Gasteiger partial charge on any atom is 0.124 e. The number of benzene rings is 3. The minimum Gasteiger partial charge on any atom is -0.507 e. The van der Waals surface area contributed by atoms with Crippen LogP contribution in [-0.4, -0.2) is 24.0 Å². The van der Waals surface area contributed by atoms with E-state index in [0.29, 0.717) is 24.3 Å². The van der Waals surface area contributed by atoms with Gasteiger partial charge in [0, 0.05) is 11.3 Å². The molecule has 0 saturated carbocycles. The van der Waals surface area contributed by atoms with Crippen LogP contribution in [0.4, 0.5) is 11.4 Å². The van der Waals surface area contributed by atoms with E-state index in [1.54, 1.807) is 18.2 Å². The third-order valence-corrected chi connectivity index (χ3v) is 4.53. The van der Waals surface area contributed by atoms with Gasteiger partial charge in [-0.15, -0.1) is 0 Å². The minimum atomic E-state index is 0.194. The fourth-order valence-electron chi connectivity index (χ4n) is 3.19. The highest BCUT2D eigenvalue weighted by atomic mass is 16.3. The summed E-state index contributed by atoms with van der Waals surface area (Å²) in [5.74, 6) is 0.194. The number of nitriles is 1. The molecule has 1 aliphatic rings. The predicted molar refractivity (Wildman–Crippen MR) is 107 cm³/mol.